The Morgan fingerprint density at radius 2 is 2.29 bits per heavy atom. The van der Waals surface area contributed by atoms with Crippen molar-refractivity contribution >= 4 is 30.6 Å². The summed E-state index contributed by atoms with van der Waals surface area (Å²) in [5, 5.41) is 7.47. The van der Waals surface area contributed by atoms with Gasteiger partial charge in [0.25, 0.3) is 5.91 Å². The minimum absolute atomic E-state index is 0.131. The lowest BCUT2D eigenvalue weighted by atomic mass is 9.93. The standard InChI is InChI=1S/C20H22BFN4OS/c21-16-11-24-26-6-2-5-17-15(19(16)26)9-18(28-17)20(27)25-14(10-23)8-12-3-1-4-13(22)7-12/h1,3-4,7,9,11,14H,2,5-6,8,10,21,23H2,(H,25,27). The lowest BCUT2D eigenvalue weighted by molar-refractivity contribution is 0.0942. The van der Waals surface area contributed by atoms with E-state index in [0.717, 1.165) is 41.7 Å². The van der Waals surface area contributed by atoms with E-state index in [2.05, 4.69) is 18.3 Å². The number of amides is 1. The second kappa shape index (κ2) is 7.89. The van der Waals surface area contributed by atoms with Crippen molar-refractivity contribution in [1.29, 1.82) is 0 Å². The number of rotatable bonds is 5. The molecule has 1 atom stereocenters. The van der Waals surface area contributed by atoms with Crippen molar-refractivity contribution in [2.75, 3.05) is 6.54 Å². The third-order valence-corrected chi connectivity index (χ3v) is 6.27. The molecule has 1 unspecified atom stereocenters. The molecule has 1 aliphatic rings. The van der Waals surface area contributed by atoms with Crippen molar-refractivity contribution in [3.05, 3.63) is 57.7 Å². The van der Waals surface area contributed by atoms with Crippen LogP contribution in [0.5, 0.6) is 0 Å². The first kappa shape index (κ1) is 18.9. The highest BCUT2D eigenvalue weighted by Gasteiger charge is 2.23. The largest absolute Gasteiger partial charge is 0.347 e. The van der Waals surface area contributed by atoms with E-state index in [-0.39, 0.29) is 17.8 Å². The zero-order valence-corrected chi connectivity index (χ0v) is 16.6. The van der Waals surface area contributed by atoms with Gasteiger partial charge < -0.3 is 11.1 Å². The Morgan fingerprint density at radius 1 is 1.43 bits per heavy atom. The predicted octanol–water partition coefficient (Wildman–Crippen LogP) is 1.26. The van der Waals surface area contributed by atoms with Gasteiger partial charge in [-0.25, -0.2) is 4.39 Å². The van der Waals surface area contributed by atoms with Gasteiger partial charge in [-0.15, -0.1) is 11.3 Å². The van der Waals surface area contributed by atoms with E-state index in [4.69, 9.17) is 5.73 Å². The Bertz CT molecular complexity index is 1020. The summed E-state index contributed by atoms with van der Waals surface area (Å²) in [6.07, 6.45) is 4.33. The van der Waals surface area contributed by atoms with Crippen LogP contribution in [0.25, 0.3) is 11.3 Å². The van der Waals surface area contributed by atoms with Crippen LogP contribution in [0.1, 0.15) is 26.5 Å². The maximum absolute atomic E-state index is 13.4. The fourth-order valence-corrected chi connectivity index (χ4v) is 4.82. The summed E-state index contributed by atoms with van der Waals surface area (Å²) >= 11 is 1.54. The van der Waals surface area contributed by atoms with Gasteiger partial charge in [0.05, 0.1) is 10.6 Å². The number of hydrogen-bond donors (Lipinski definition) is 2. The normalized spacial score (nSPS) is 14.1. The number of nitrogens with two attached hydrogens (primary N) is 1. The molecule has 1 amide bonds. The van der Waals surface area contributed by atoms with Gasteiger partial charge in [-0.1, -0.05) is 12.1 Å². The van der Waals surface area contributed by atoms with Crippen LogP contribution in [0.3, 0.4) is 0 Å². The first-order valence-corrected chi connectivity index (χ1v) is 10.3. The van der Waals surface area contributed by atoms with Crippen molar-refractivity contribution in [2.45, 2.75) is 31.8 Å². The molecule has 3 aromatic rings. The molecule has 3 heterocycles. The number of carbonyl (C=O) groups is 1. The lowest BCUT2D eigenvalue weighted by Gasteiger charge is -2.16. The zero-order valence-electron chi connectivity index (χ0n) is 15.7. The molecule has 2 aromatic heterocycles. The number of hydrogen-bond acceptors (Lipinski definition) is 4. The van der Waals surface area contributed by atoms with Gasteiger partial charge >= 0.3 is 0 Å². The highest BCUT2D eigenvalue weighted by atomic mass is 32.1. The van der Waals surface area contributed by atoms with Crippen LogP contribution in [0.2, 0.25) is 0 Å². The number of carbonyl (C=O) groups excluding carboxylic acids is 1. The average molecular weight is 396 g/mol. The summed E-state index contributed by atoms with van der Waals surface area (Å²) in [6, 6.07) is 8.12. The molecule has 3 N–H and O–H groups in total. The summed E-state index contributed by atoms with van der Waals surface area (Å²) < 4.78 is 15.4. The predicted molar refractivity (Wildman–Crippen MR) is 112 cm³/mol. The van der Waals surface area contributed by atoms with E-state index in [0.29, 0.717) is 17.8 Å². The Balaban J connectivity index is 1.54. The molecule has 28 heavy (non-hydrogen) atoms. The minimum atomic E-state index is -0.284. The van der Waals surface area contributed by atoms with Crippen molar-refractivity contribution in [3.63, 3.8) is 0 Å². The smallest absolute Gasteiger partial charge is 0.261 e. The lowest BCUT2D eigenvalue weighted by Crippen LogP contribution is -2.41. The minimum Gasteiger partial charge on any atom is -0.347 e. The van der Waals surface area contributed by atoms with E-state index in [1.54, 1.807) is 6.07 Å². The number of halogens is 1. The molecule has 0 saturated carbocycles. The van der Waals surface area contributed by atoms with Crippen LogP contribution in [0.15, 0.2) is 36.5 Å². The quantitative estimate of drug-likeness (QED) is 0.638. The van der Waals surface area contributed by atoms with Gasteiger partial charge in [0.2, 0.25) is 0 Å². The first-order valence-electron chi connectivity index (χ1n) is 9.46. The van der Waals surface area contributed by atoms with Crippen LogP contribution in [0.4, 0.5) is 4.39 Å². The van der Waals surface area contributed by atoms with E-state index >= 15 is 0 Å². The Kier molecular flexibility index (Phi) is 5.32. The third kappa shape index (κ3) is 3.75. The third-order valence-electron chi connectivity index (χ3n) is 5.07. The second-order valence-electron chi connectivity index (χ2n) is 7.19. The number of nitrogens with one attached hydrogen (secondary N) is 1. The van der Waals surface area contributed by atoms with Gasteiger partial charge in [-0.05, 0) is 48.5 Å². The summed E-state index contributed by atoms with van der Waals surface area (Å²) in [5.41, 5.74) is 10.0. The monoisotopic (exact) mass is 396 g/mol. The molecule has 144 valence electrons. The van der Waals surface area contributed by atoms with Gasteiger partial charge in [-0.2, -0.15) is 5.10 Å². The highest BCUT2D eigenvalue weighted by Crippen LogP contribution is 2.34. The first-order chi connectivity index (χ1) is 13.5. The van der Waals surface area contributed by atoms with Crippen LogP contribution in [-0.4, -0.2) is 36.1 Å². The fraction of sp³-hybridized carbons (Fsp3) is 0.300. The van der Waals surface area contributed by atoms with E-state index < -0.39 is 0 Å². The SMILES string of the molecule is Bc1cnn2c1-c1cc(C(=O)NC(CN)Cc3cccc(F)c3)sc1CCC2. The van der Waals surface area contributed by atoms with Crippen molar-refractivity contribution in [2.24, 2.45) is 5.73 Å². The maximum Gasteiger partial charge on any atom is 0.261 e. The van der Waals surface area contributed by atoms with Gasteiger partial charge in [0, 0.05) is 35.8 Å². The molecule has 0 aliphatic carbocycles. The molecule has 0 fully saturated rings. The summed E-state index contributed by atoms with van der Waals surface area (Å²) in [6.45, 7) is 1.19. The molecule has 0 radical (unpaired) electrons. The molecule has 1 aromatic carbocycles. The maximum atomic E-state index is 13.4. The van der Waals surface area contributed by atoms with Crippen molar-refractivity contribution < 1.29 is 9.18 Å². The van der Waals surface area contributed by atoms with Gasteiger partial charge in [0.1, 0.15) is 13.7 Å². The van der Waals surface area contributed by atoms with E-state index in [1.807, 2.05) is 23.0 Å². The molecule has 0 saturated heterocycles. The summed E-state index contributed by atoms with van der Waals surface area (Å²) in [5.74, 6) is -0.415. The van der Waals surface area contributed by atoms with Crippen LogP contribution < -0.4 is 16.5 Å². The number of nitrogens with zero attached hydrogens (tertiary/aromatic N) is 2. The average Bonchev–Trinajstić information content (AvgIpc) is 3.20. The molecule has 8 heteroatoms. The molecule has 0 bridgehead atoms. The fourth-order valence-electron chi connectivity index (χ4n) is 3.71. The second-order valence-corrected chi connectivity index (χ2v) is 8.33. The Labute approximate surface area is 168 Å². The number of aryl methyl sites for hydroxylation is 2. The summed E-state index contributed by atoms with van der Waals surface area (Å²) in [7, 11) is 2.05. The van der Waals surface area contributed by atoms with Crippen molar-refractivity contribution in [1.82, 2.24) is 15.1 Å². The topological polar surface area (TPSA) is 72.9 Å². The zero-order chi connectivity index (χ0) is 19.7. The molecule has 0 spiro atoms. The number of fused-ring (bicyclic) bond motifs is 3. The number of thiophene rings is 1. The Hall–Kier alpha value is -2.45. The van der Waals surface area contributed by atoms with E-state index in [1.165, 1.54) is 28.3 Å². The number of benzene rings is 1. The van der Waals surface area contributed by atoms with Crippen LogP contribution >= 0.6 is 11.3 Å². The molecular formula is C20H22BFN4OS. The number of aromatic nitrogens is 2. The van der Waals surface area contributed by atoms with E-state index in [9.17, 15) is 9.18 Å². The van der Waals surface area contributed by atoms with Crippen LogP contribution in [-0.2, 0) is 19.4 Å². The molecule has 1 aliphatic heterocycles. The molecular weight excluding hydrogens is 374 g/mol. The Morgan fingerprint density at radius 3 is 3.07 bits per heavy atom. The van der Waals surface area contributed by atoms with Gasteiger partial charge in [-0.3, -0.25) is 9.48 Å². The van der Waals surface area contributed by atoms with Crippen molar-refractivity contribution in [3.8, 4) is 11.3 Å². The summed E-state index contributed by atoms with van der Waals surface area (Å²) in [4.78, 5) is 14.8. The molecule has 4 rings (SSSR count). The highest BCUT2D eigenvalue weighted by molar-refractivity contribution is 7.14. The van der Waals surface area contributed by atoms with Crippen LogP contribution in [0, 0.1) is 5.82 Å². The van der Waals surface area contributed by atoms with Gasteiger partial charge in [0.15, 0.2) is 0 Å². The molecule has 5 nitrogen and oxygen atoms in total.